The molecular weight excluding hydrogens is 420 g/mol. The summed E-state index contributed by atoms with van der Waals surface area (Å²) >= 11 is 0. The van der Waals surface area contributed by atoms with Crippen LogP contribution in [0.4, 0.5) is 11.4 Å². The van der Waals surface area contributed by atoms with E-state index in [0.717, 1.165) is 30.3 Å². The molecule has 0 radical (unpaired) electrons. The van der Waals surface area contributed by atoms with E-state index in [-0.39, 0.29) is 30.5 Å². The molecule has 8 heteroatoms. The molecule has 1 aromatic heterocycles. The van der Waals surface area contributed by atoms with E-state index in [1.54, 1.807) is 39.3 Å². The molecule has 2 aromatic carbocycles. The average Bonchev–Trinajstić information content (AvgIpc) is 3.09. The maximum absolute atomic E-state index is 12.9. The average molecular weight is 451 g/mol. The Morgan fingerprint density at radius 3 is 2.42 bits per heavy atom. The first-order valence-corrected chi connectivity index (χ1v) is 11.5. The van der Waals surface area contributed by atoms with Gasteiger partial charge in [0.2, 0.25) is 11.8 Å². The molecule has 0 spiro atoms. The molecule has 33 heavy (non-hydrogen) atoms. The number of aromatic nitrogens is 2. The van der Waals surface area contributed by atoms with Gasteiger partial charge in [-0.2, -0.15) is 0 Å². The van der Waals surface area contributed by atoms with Gasteiger partial charge in [0, 0.05) is 38.2 Å². The van der Waals surface area contributed by atoms with Gasteiger partial charge in [0.25, 0.3) is 0 Å². The zero-order valence-electron chi connectivity index (χ0n) is 19.2. The van der Waals surface area contributed by atoms with Crippen LogP contribution in [0.25, 0.3) is 11.0 Å². The predicted octanol–water partition coefficient (Wildman–Crippen LogP) is 3.77. The topological polar surface area (TPSA) is 85.6 Å². The fraction of sp³-hybridized carbons (Fsp3) is 0.400. The van der Waals surface area contributed by atoms with Gasteiger partial charge < -0.3 is 15.0 Å². The van der Waals surface area contributed by atoms with Crippen LogP contribution in [0.2, 0.25) is 0 Å². The fourth-order valence-corrected chi connectivity index (χ4v) is 4.40. The number of hydrogen-bond donors (Lipinski definition) is 1. The van der Waals surface area contributed by atoms with Crippen molar-refractivity contribution in [2.24, 2.45) is 0 Å². The monoisotopic (exact) mass is 450 g/mol. The van der Waals surface area contributed by atoms with Crippen LogP contribution in [-0.4, -0.2) is 34.6 Å². The van der Waals surface area contributed by atoms with E-state index in [4.69, 9.17) is 4.74 Å². The number of hydrogen-bond acceptors (Lipinski definition) is 4. The molecular formula is C25H30N4O4. The Labute approximate surface area is 192 Å². The van der Waals surface area contributed by atoms with Gasteiger partial charge in [0.05, 0.1) is 23.8 Å². The van der Waals surface area contributed by atoms with Crippen LogP contribution in [0.5, 0.6) is 5.75 Å². The Balaban J connectivity index is 1.50. The molecule has 8 nitrogen and oxygen atoms in total. The Morgan fingerprint density at radius 1 is 1.03 bits per heavy atom. The summed E-state index contributed by atoms with van der Waals surface area (Å²) in [5.41, 5.74) is 2.88. The first-order valence-electron chi connectivity index (χ1n) is 11.5. The van der Waals surface area contributed by atoms with Gasteiger partial charge in [-0.25, -0.2) is 4.79 Å². The number of anilines is 2. The van der Waals surface area contributed by atoms with E-state index < -0.39 is 0 Å². The third kappa shape index (κ3) is 4.65. The molecule has 2 amide bonds. The number of methoxy groups -OCH3 is 1. The van der Waals surface area contributed by atoms with Crippen LogP contribution in [0.15, 0.2) is 47.3 Å². The molecule has 0 saturated carbocycles. The highest BCUT2D eigenvalue weighted by molar-refractivity contribution is 5.97. The van der Waals surface area contributed by atoms with Crippen LogP contribution in [-0.2, 0) is 22.7 Å². The minimum Gasteiger partial charge on any atom is -0.495 e. The lowest BCUT2D eigenvalue weighted by Crippen LogP contribution is -2.35. The Morgan fingerprint density at radius 2 is 1.76 bits per heavy atom. The smallest absolute Gasteiger partial charge is 0.329 e. The fourth-order valence-electron chi connectivity index (χ4n) is 4.40. The summed E-state index contributed by atoms with van der Waals surface area (Å²) in [6.45, 7) is 3.60. The lowest BCUT2D eigenvalue weighted by Gasteiger charge is -2.28. The predicted molar refractivity (Wildman–Crippen MR) is 129 cm³/mol. The number of ether oxygens (including phenoxy) is 1. The summed E-state index contributed by atoms with van der Waals surface area (Å²) in [5, 5.41) is 2.90. The zero-order valence-corrected chi connectivity index (χ0v) is 19.2. The highest BCUT2D eigenvalue weighted by Crippen LogP contribution is 2.33. The van der Waals surface area contributed by atoms with Gasteiger partial charge in [0.1, 0.15) is 5.75 Å². The SMILES string of the molecule is CCCn1c(=O)n(CCC(=O)Nc2ccc(OC)c(N3CCCCC3=O)c2)c2ccccc21. The zero-order chi connectivity index (χ0) is 23.4. The molecule has 3 aromatic rings. The van der Waals surface area contributed by atoms with Crippen molar-refractivity contribution in [3.63, 3.8) is 0 Å². The molecule has 1 aliphatic rings. The Hall–Kier alpha value is -3.55. The largest absolute Gasteiger partial charge is 0.495 e. The lowest BCUT2D eigenvalue weighted by molar-refractivity contribution is -0.119. The van der Waals surface area contributed by atoms with Gasteiger partial charge in [0.15, 0.2) is 0 Å². The number of aryl methyl sites for hydroxylation is 2. The third-order valence-electron chi connectivity index (χ3n) is 6.01. The highest BCUT2D eigenvalue weighted by atomic mass is 16.5. The number of carbonyl (C=O) groups is 2. The summed E-state index contributed by atoms with van der Waals surface area (Å²) in [7, 11) is 1.57. The molecule has 1 saturated heterocycles. The molecule has 1 aliphatic heterocycles. The van der Waals surface area contributed by atoms with E-state index >= 15 is 0 Å². The van der Waals surface area contributed by atoms with Crippen molar-refractivity contribution >= 4 is 34.2 Å². The van der Waals surface area contributed by atoms with Crippen molar-refractivity contribution in [1.82, 2.24) is 9.13 Å². The highest BCUT2D eigenvalue weighted by Gasteiger charge is 2.23. The molecule has 1 N–H and O–H groups in total. The number of carbonyl (C=O) groups excluding carboxylic acids is 2. The van der Waals surface area contributed by atoms with Crippen LogP contribution in [0, 0.1) is 0 Å². The van der Waals surface area contributed by atoms with Crippen molar-refractivity contribution in [3.05, 3.63) is 52.9 Å². The number of imidazole rings is 1. The minimum absolute atomic E-state index is 0.0610. The van der Waals surface area contributed by atoms with E-state index in [9.17, 15) is 14.4 Å². The summed E-state index contributed by atoms with van der Waals surface area (Å²) in [5.74, 6) is 0.458. The number of fused-ring (bicyclic) bond motifs is 1. The van der Waals surface area contributed by atoms with E-state index in [1.165, 1.54) is 0 Å². The third-order valence-corrected chi connectivity index (χ3v) is 6.01. The van der Waals surface area contributed by atoms with Gasteiger partial charge >= 0.3 is 5.69 Å². The molecule has 0 unspecified atom stereocenters. The van der Waals surface area contributed by atoms with E-state index in [0.29, 0.717) is 36.6 Å². The molecule has 4 rings (SSSR count). The molecule has 2 heterocycles. The summed E-state index contributed by atoms with van der Waals surface area (Å²) in [6.07, 6.45) is 3.35. The Kier molecular flexibility index (Phi) is 6.82. The van der Waals surface area contributed by atoms with Gasteiger partial charge in [-0.1, -0.05) is 19.1 Å². The summed E-state index contributed by atoms with van der Waals surface area (Å²) in [6, 6.07) is 13.0. The Bertz CT molecular complexity index is 1230. The molecule has 0 bridgehead atoms. The van der Waals surface area contributed by atoms with Crippen LogP contribution < -0.4 is 20.6 Å². The normalized spacial score (nSPS) is 14.0. The van der Waals surface area contributed by atoms with Crippen molar-refractivity contribution in [2.45, 2.75) is 52.1 Å². The second-order valence-corrected chi connectivity index (χ2v) is 8.26. The standard InChI is InChI=1S/C25H30N4O4/c1-3-14-28-19-8-4-5-9-20(19)29(25(28)32)16-13-23(30)26-18-11-12-22(33-2)21(17-18)27-15-7-6-10-24(27)31/h4-5,8-9,11-12,17H,3,6-7,10,13-16H2,1-2H3,(H,26,30). The van der Waals surface area contributed by atoms with Crippen molar-refractivity contribution in [2.75, 3.05) is 23.9 Å². The molecule has 1 fully saturated rings. The van der Waals surface area contributed by atoms with E-state index in [2.05, 4.69) is 5.32 Å². The first-order chi connectivity index (χ1) is 16.0. The minimum atomic E-state index is -0.199. The molecule has 174 valence electrons. The number of para-hydroxylation sites is 2. The first kappa shape index (κ1) is 22.6. The second-order valence-electron chi connectivity index (χ2n) is 8.26. The number of rotatable bonds is 8. The van der Waals surface area contributed by atoms with Gasteiger partial charge in [-0.3, -0.25) is 18.7 Å². The van der Waals surface area contributed by atoms with Crippen molar-refractivity contribution in [1.29, 1.82) is 0 Å². The van der Waals surface area contributed by atoms with Crippen LogP contribution >= 0.6 is 0 Å². The van der Waals surface area contributed by atoms with Crippen LogP contribution in [0.1, 0.15) is 39.0 Å². The maximum atomic E-state index is 12.9. The van der Waals surface area contributed by atoms with Gasteiger partial charge in [-0.15, -0.1) is 0 Å². The van der Waals surface area contributed by atoms with E-state index in [1.807, 2.05) is 31.2 Å². The number of benzene rings is 2. The van der Waals surface area contributed by atoms with Gasteiger partial charge in [-0.05, 0) is 49.6 Å². The van der Waals surface area contributed by atoms with Crippen LogP contribution in [0.3, 0.4) is 0 Å². The number of piperidine rings is 1. The van der Waals surface area contributed by atoms with Crippen molar-refractivity contribution in [3.8, 4) is 5.75 Å². The van der Waals surface area contributed by atoms with Crippen molar-refractivity contribution < 1.29 is 14.3 Å². The molecule has 0 atom stereocenters. The summed E-state index contributed by atoms with van der Waals surface area (Å²) in [4.78, 5) is 39.8. The quantitative estimate of drug-likeness (QED) is 0.566. The second kappa shape index (κ2) is 9.94. The maximum Gasteiger partial charge on any atom is 0.329 e. The summed E-state index contributed by atoms with van der Waals surface area (Å²) < 4.78 is 8.87. The number of nitrogens with one attached hydrogen (secondary N) is 1. The lowest BCUT2D eigenvalue weighted by atomic mass is 10.1. The number of amides is 2. The molecule has 0 aliphatic carbocycles. The number of nitrogens with zero attached hydrogens (tertiary/aromatic N) is 3.